The van der Waals surface area contributed by atoms with Crippen molar-refractivity contribution in [2.24, 2.45) is 0 Å². The summed E-state index contributed by atoms with van der Waals surface area (Å²) in [6, 6.07) is 3.23. The summed E-state index contributed by atoms with van der Waals surface area (Å²) in [4.78, 5) is 26.7. The highest BCUT2D eigenvalue weighted by molar-refractivity contribution is 6.32. The molecule has 0 spiro atoms. The SMILES string of the molecule is O=C1CCC(NC(=O)c2cccnc2Cl)CN1. The average molecular weight is 254 g/mol. The topological polar surface area (TPSA) is 71.1 Å². The zero-order chi connectivity index (χ0) is 12.3. The summed E-state index contributed by atoms with van der Waals surface area (Å²) in [6.07, 6.45) is 2.61. The molecule has 1 aromatic rings. The van der Waals surface area contributed by atoms with Gasteiger partial charge in [-0.1, -0.05) is 11.6 Å². The van der Waals surface area contributed by atoms with Gasteiger partial charge in [-0.3, -0.25) is 9.59 Å². The second kappa shape index (κ2) is 5.14. The summed E-state index contributed by atoms with van der Waals surface area (Å²) >= 11 is 5.82. The maximum absolute atomic E-state index is 11.9. The first-order chi connectivity index (χ1) is 8.16. The van der Waals surface area contributed by atoms with E-state index in [9.17, 15) is 9.59 Å². The van der Waals surface area contributed by atoms with Crippen LogP contribution in [0.2, 0.25) is 5.15 Å². The minimum Gasteiger partial charge on any atom is -0.354 e. The lowest BCUT2D eigenvalue weighted by Crippen LogP contribution is -2.47. The molecule has 90 valence electrons. The van der Waals surface area contributed by atoms with E-state index in [1.807, 2.05) is 0 Å². The van der Waals surface area contributed by atoms with E-state index in [1.165, 1.54) is 6.20 Å². The molecule has 6 heteroatoms. The molecular weight excluding hydrogens is 242 g/mol. The number of piperidine rings is 1. The lowest BCUT2D eigenvalue weighted by atomic mass is 10.1. The molecule has 2 amide bonds. The highest BCUT2D eigenvalue weighted by Gasteiger charge is 2.21. The molecule has 2 rings (SSSR count). The number of carbonyl (C=O) groups is 2. The van der Waals surface area contributed by atoms with Gasteiger partial charge in [-0.2, -0.15) is 0 Å². The third-order valence-electron chi connectivity index (χ3n) is 2.60. The van der Waals surface area contributed by atoms with Gasteiger partial charge in [0, 0.05) is 25.2 Å². The lowest BCUT2D eigenvalue weighted by molar-refractivity contribution is -0.122. The molecule has 0 bridgehead atoms. The molecule has 1 saturated heterocycles. The molecule has 1 unspecified atom stereocenters. The maximum Gasteiger partial charge on any atom is 0.254 e. The first-order valence-corrected chi connectivity index (χ1v) is 5.72. The fraction of sp³-hybridized carbons (Fsp3) is 0.364. The number of aromatic nitrogens is 1. The Kier molecular flexibility index (Phi) is 3.58. The Balaban J connectivity index is 1.98. The van der Waals surface area contributed by atoms with Gasteiger partial charge < -0.3 is 10.6 Å². The molecule has 2 heterocycles. The van der Waals surface area contributed by atoms with Crippen molar-refractivity contribution < 1.29 is 9.59 Å². The highest BCUT2D eigenvalue weighted by Crippen LogP contribution is 2.12. The number of amides is 2. The number of hydrogen-bond acceptors (Lipinski definition) is 3. The van der Waals surface area contributed by atoms with Crippen molar-refractivity contribution in [2.75, 3.05) is 6.54 Å². The molecule has 5 nitrogen and oxygen atoms in total. The van der Waals surface area contributed by atoms with Crippen LogP contribution in [0.5, 0.6) is 0 Å². The predicted molar refractivity (Wildman–Crippen MR) is 62.7 cm³/mol. The fourth-order valence-electron chi connectivity index (χ4n) is 1.67. The van der Waals surface area contributed by atoms with Gasteiger partial charge in [0.15, 0.2) is 0 Å². The second-order valence-electron chi connectivity index (χ2n) is 3.85. The Hall–Kier alpha value is -1.62. The van der Waals surface area contributed by atoms with Gasteiger partial charge in [-0.15, -0.1) is 0 Å². The molecule has 1 atom stereocenters. The van der Waals surface area contributed by atoms with Crippen molar-refractivity contribution in [2.45, 2.75) is 18.9 Å². The van der Waals surface area contributed by atoms with Gasteiger partial charge in [-0.25, -0.2) is 4.98 Å². The molecule has 1 fully saturated rings. The smallest absolute Gasteiger partial charge is 0.254 e. The number of carbonyl (C=O) groups excluding carboxylic acids is 2. The van der Waals surface area contributed by atoms with E-state index in [1.54, 1.807) is 12.1 Å². The Morgan fingerprint density at radius 3 is 3.06 bits per heavy atom. The van der Waals surface area contributed by atoms with E-state index >= 15 is 0 Å². The van der Waals surface area contributed by atoms with E-state index in [0.717, 1.165) is 0 Å². The van der Waals surface area contributed by atoms with Crippen LogP contribution in [-0.4, -0.2) is 29.4 Å². The van der Waals surface area contributed by atoms with Crippen LogP contribution < -0.4 is 10.6 Å². The molecule has 1 aliphatic rings. The third-order valence-corrected chi connectivity index (χ3v) is 2.91. The summed E-state index contributed by atoms with van der Waals surface area (Å²) in [5.41, 5.74) is 0.353. The van der Waals surface area contributed by atoms with Crippen LogP contribution in [0.3, 0.4) is 0 Å². The van der Waals surface area contributed by atoms with Crippen LogP contribution >= 0.6 is 11.6 Å². The largest absolute Gasteiger partial charge is 0.354 e. The van der Waals surface area contributed by atoms with Crippen molar-refractivity contribution >= 4 is 23.4 Å². The van der Waals surface area contributed by atoms with Crippen molar-refractivity contribution in [1.29, 1.82) is 0 Å². The molecular formula is C11H12ClN3O2. The standard InChI is InChI=1S/C11H12ClN3O2/c12-10-8(2-1-5-13-10)11(17)15-7-3-4-9(16)14-6-7/h1-2,5,7H,3-4,6H2,(H,14,16)(H,15,17). The number of nitrogens with zero attached hydrogens (tertiary/aromatic N) is 1. The molecule has 0 radical (unpaired) electrons. The highest BCUT2D eigenvalue weighted by atomic mass is 35.5. The molecule has 2 N–H and O–H groups in total. The zero-order valence-corrected chi connectivity index (χ0v) is 9.83. The normalized spacial score (nSPS) is 19.6. The fourth-order valence-corrected chi connectivity index (χ4v) is 1.88. The van der Waals surface area contributed by atoms with Crippen LogP contribution in [0.15, 0.2) is 18.3 Å². The number of nitrogens with one attached hydrogen (secondary N) is 2. The predicted octanol–water partition coefficient (Wildman–Crippen LogP) is 0.743. The maximum atomic E-state index is 11.9. The lowest BCUT2D eigenvalue weighted by Gasteiger charge is -2.23. The number of pyridine rings is 1. The van der Waals surface area contributed by atoms with Gasteiger partial charge >= 0.3 is 0 Å². The number of halogens is 1. The summed E-state index contributed by atoms with van der Waals surface area (Å²) in [5.74, 6) is -0.237. The van der Waals surface area contributed by atoms with E-state index in [4.69, 9.17) is 11.6 Å². The Morgan fingerprint density at radius 1 is 1.59 bits per heavy atom. The van der Waals surface area contributed by atoms with Crippen LogP contribution in [0.25, 0.3) is 0 Å². The quantitative estimate of drug-likeness (QED) is 0.764. The molecule has 1 aliphatic heterocycles. The van der Waals surface area contributed by atoms with Crippen LogP contribution in [-0.2, 0) is 4.79 Å². The summed E-state index contributed by atoms with van der Waals surface area (Å²) in [6.45, 7) is 0.461. The van der Waals surface area contributed by atoms with Crippen molar-refractivity contribution in [3.8, 4) is 0 Å². The minimum absolute atomic E-state index is 0.0231. The van der Waals surface area contributed by atoms with E-state index in [0.29, 0.717) is 24.9 Å². The summed E-state index contributed by atoms with van der Waals surface area (Å²) in [7, 11) is 0. The van der Waals surface area contributed by atoms with Crippen molar-refractivity contribution in [3.63, 3.8) is 0 Å². The van der Waals surface area contributed by atoms with Crippen molar-refractivity contribution in [3.05, 3.63) is 29.0 Å². The van der Waals surface area contributed by atoms with E-state index in [2.05, 4.69) is 15.6 Å². The minimum atomic E-state index is -0.260. The molecule has 0 saturated carbocycles. The van der Waals surface area contributed by atoms with Crippen LogP contribution in [0.1, 0.15) is 23.2 Å². The zero-order valence-electron chi connectivity index (χ0n) is 9.07. The van der Waals surface area contributed by atoms with Gasteiger partial charge in [0.25, 0.3) is 5.91 Å². The van der Waals surface area contributed by atoms with Crippen molar-refractivity contribution in [1.82, 2.24) is 15.6 Å². The summed E-state index contributed by atoms with van der Waals surface area (Å²) < 4.78 is 0. The van der Waals surface area contributed by atoms with Crippen LogP contribution in [0, 0.1) is 0 Å². The van der Waals surface area contributed by atoms with Crippen LogP contribution in [0.4, 0.5) is 0 Å². The number of hydrogen-bond donors (Lipinski definition) is 2. The monoisotopic (exact) mass is 253 g/mol. The van der Waals surface area contributed by atoms with Gasteiger partial charge in [0.1, 0.15) is 5.15 Å². The molecule has 0 aliphatic carbocycles. The van der Waals surface area contributed by atoms with E-state index < -0.39 is 0 Å². The second-order valence-corrected chi connectivity index (χ2v) is 4.21. The Bertz CT molecular complexity index is 440. The van der Waals surface area contributed by atoms with Gasteiger partial charge in [-0.05, 0) is 18.6 Å². The molecule has 0 aromatic carbocycles. The first-order valence-electron chi connectivity index (χ1n) is 5.35. The third kappa shape index (κ3) is 2.94. The average Bonchev–Trinajstić information content (AvgIpc) is 2.32. The van der Waals surface area contributed by atoms with E-state index in [-0.39, 0.29) is 23.0 Å². The molecule has 1 aromatic heterocycles. The summed E-state index contributed by atoms with van der Waals surface area (Å²) in [5, 5.41) is 5.70. The Labute approximate surface area is 104 Å². The van der Waals surface area contributed by atoms with Gasteiger partial charge in [0.05, 0.1) is 5.56 Å². The van der Waals surface area contributed by atoms with Gasteiger partial charge in [0.2, 0.25) is 5.91 Å². The first kappa shape index (κ1) is 11.9. The Morgan fingerprint density at radius 2 is 2.41 bits per heavy atom. The molecule has 17 heavy (non-hydrogen) atoms. The number of rotatable bonds is 2.